The van der Waals surface area contributed by atoms with Crippen LogP contribution in [0.1, 0.15) is 33.9 Å². The van der Waals surface area contributed by atoms with Crippen LogP contribution in [0.5, 0.6) is 0 Å². The number of aryl methyl sites for hydroxylation is 2. The zero-order valence-corrected chi connectivity index (χ0v) is 32.8. The fraction of sp³-hybridized carbons (Fsp3) is 0.0545. The standard InChI is InChI=1S/C55H38N4/c1-35-56-47-28-11-13-30-51(47)58(35)49-32-16-23-40-44(49)34-45-41(24-17-33-50(45)59-36(2)57-48-29-12-14-31-52(48)59)53(40)43-26-15-25-42-39-22-9-10-27-46(39)55(54(42)43,37-18-5-3-6-19-37)38-20-7-4-8-21-38/h3-34H,1-2H3. The quantitative estimate of drug-likeness (QED) is 0.164. The first-order chi connectivity index (χ1) is 29.1. The summed E-state index contributed by atoms with van der Waals surface area (Å²) >= 11 is 0. The minimum absolute atomic E-state index is 0.580. The molecule has 1 aliphatic carbocycles. The van der Waals surface area contributed by atoms with E-state index in [-0.39, 0.29) is 0 Å². The molecule has 9 aromatic carbocycles. The van der Waals surface area contributed by atoms with E-state index < -0.39 is 5.41 Å². The lowest BCUT2D eigenvalue weighted by Gasteiger charge is -2.35. The smallest absolute Gasteiger partial charge is 0.111 e. The number of aromatic nitrogens is 4. The van der Waals surface area contributed by atoms with Crippen molar-refractivity contribution in [3.05, 3.63) is 228 Å². The minimum Gasteiger partial charge on any atom is -0.296 e. The molecule has 0 saturated heterocycles. The van der Waals surface area contributed by atoms with E-state index in [1.165, 1.54) is 55.3 Å². The van der Waals surface area contributed by atoms with Gasteiger partial charge in [0, 0.05) is 10.8 Å². The van der Waals surface area contributed by atoms with Crippen LogP contribution in [-0.4, -0.2) is 19.1 Å². The Morgan fingerprint density at radius 2 is 0.847 bits per heavy atom. The minimum atomic E-state index is -0.580. The fourth-order valence-corrected chi connectivity index (χ4v) is 10.4. The number of imidazole rings is 2. The van der Waals surface area contributed by atoms with E-state index in [9.17, 15) is 0 Å². The summed E-state index contributed by atoms with van der Waals surface area (Å²) in [5.74, 6) is 1.90. The van der Waals surface area contributed by atoms with Crippen molar-refractivity contribution in [2.24, 2.45) is 0 Å². The third-order valence-corrected chi connectivity index (χ3v) is 12.7. The molecule has 0 bridgehead atoms. The molecule has 59 heavy (non-hydrogen) atoms. The number of rotatable bonds is 5. The molecule has 0 fully saturated rings. The summed E-state index contributed by atoms with van der Waals surface area (Å²) in [6.07, 6.45) is 0. The average Bonchev–Trinajstić information content (AvgIpc) is 3.92. The van der Waals surface area contributed by atoms with Crippen molar-refractivity contribution >= 4 is 43.6 Å². The van der Waals surface area contributed by atoms with Gasteiger partial charge in [0.05, 0.1) is 38.9 Å². The summed E-state index contributed by atoms with van der Waals surface area (Å²) in [5.41, 5.74) is 15.8. The van der Waals surface area contributed by atoms with Crippen LogP contribution in [0.15, 0.2) is 194 Å². The Bertz CT molecular complexity index is 3290. The molecule has 0 radical (unpaired) electrons. The topological polar surface area (TPSA) is 35.6 Å². The highest BCUT2D eigenvalue weighted by molar-refractivity contribution is 6.18. The molecule has 12 rings (SSSR count). The van der Waals surface area contributed by atoms with Gasteiger partial charge in [-0.05, 0) is 112 Å². The monoisotopic (exact) mass is 754 g/mol. The van der Waals surface area contributed by atoms with E-state index in [0.29, 0.717) is 0 Å². The largest absolute Gasteiger partial charge is 0.296 e. The molecule has 2 heterocycles. The molecule has 4 heteroatoms. The predicted molar refractivity (Wildman–Crippen MR) is 243 cm³/mol. The molecule has 0 amide bonds. The van der Waals surface area contributed by atoms with Gasteiger partial charge in [0.2, 0.25) is 0 Å². The van der Waals surface area contributed by atoms with Crippen molar-refractivity contribution < 1.29 is 0 Å². The number of hydrogen-bond donors (Lipinski definition) is 0. The summed E-state index contributed by atoms with van der Waals surface area (Å²) in [4.78, 5) is 10.1. The van der Waals surface area contributed by atoms with Crippen LogP contribution in [0.4, 0.5) is 0 Å². The summed E-state index contributed by atoms with van der Waals surface area (Å²) in [6, 6.07) is 71.2. The number of hydrogen-bond acceptors (Lipinski definition) is 2. The molecule has 278 valence electrons. The van der Waals surface area contributed by atoms with Gasteiger partial charge in [-0.3, -0.25) is 9.13 Å². The molecule has 0 unspecified atom stereocenters. The Morgan fingerprint density at radius 1 is 0.390 bits per heavy atom. The molecule has 0 spiro atoms. The Hall–Kier alpha value is -7.56. The molecule has 0 atom stereocenters. The zero-order valence-electron chi connectivity index (χ0n) is 32.8. The maximum atomic E-state index is 5.05. The highest BCUT2D eigenvalue weighted by Crippen LogP contribution is 2.59. The Labute approximate surface area is 342 Å². The van der Waals surface area contributed by atoms with Crippen LogP contribution in [0.25, 0.3) is 77.2 Å². The third-order valence-electron chi connectivity index (χ3n) is 12.7. The van der Waals surface area contributed by atoms with Gasteiger partial charge in [-0.15, -0.1) is 0 Å². The van der Waals surface area contributed by atoms with Crippen molar-refractivity contribution in [2.45, 2.75) is 19.3 Å². The summed E-state index contributed by atoms with van der Waals surface area (Å²) < 4.78 is 4.66. The summed E-state index contributed by atoms with van der Waals surface area (Å²) in [6.45, 7) is 4.23. The Balaban J connectivity index is 1.28. The van der Waals surface area contributed by atoms with Gasteiger partial charge in [-0.25, -0.2) is 9.97 Å². The third kappa shape index (κ3) is 4.66. The first-order valence-corrected chi connectivity index (χ1v) is 20.3. The highest BCUT2D eigenvalue weighted by atomic mass is 15.1. The molecule has 0 aliphatic heterocycles. The van der Waals surface area contributed by atoms with Gasteiger partial charge in [0.15, 0.2) is 0 Å². The van der Waals surface area contributed by atoms with Crippen LogP contribution < -0.4 is 0 Å². The molecule has 2 aromatic heterocycles. The lowest BCUT2D eigenvalue weighted by Crippen LogP contribution is -2.29. The van der Waals surface area contributed by atoms with E-state index in [4.69, 9.17) is 9.97 Å². The number of para-hydroxylation sites is 4. The second-order valence-corrected chi connectivity index (χ2v) is 15.7. The maximum absolute atomic E-state index is 5.05. The first kappa shape index (κ1) is 33.6. The number of nitrogens with zero attached hydrogens (tertiary/aromatic N) is 4. The molecule has 4 nitrogen and oxygen atoms in total. The molecule has 11 aromatic rings. The van der Waals surface area contributed by atoms with E-state index in [0.717, 1.165) is 55.9 Å². The maximum Gasteiger partial charge on any atom is 0.111 e. The van der Waals surface area contributed by atoms with Gasteiger partial charge in [-0.1, -0.05) is 152 Å². The van der Waals surface area contributed by atoms with Crippen molar-refractivity contribution in [2.75, 3.05) is 0 Å². The Kier molecular flexibility index (Phi) is 7.24. The number of fused-ring (bicyclic) bond motifs is 7. The summed E-state index contributed by atoms with van der Waals surface area (Å²) in [7, 11) is 0. The molecule has 0 saturated carbocycles. The number of benzene rings is 9. The highest BCUT2D eigenvalue weighted by Gasteiger charge is 2.47. The second kappa shape index (κ2) is 12.7. The average molecular weight is 755 g/mol. The van der Waals surface area contributed by atoms with E-state index in [1.807, 2.05) is 0 Å². The van der Waals surface area contributed by atoms with E-state index in [1.54, 1.807) is 0 Å². The molecule has 1 aliphatic rings. The normalized spacial score (nSPS) is 13.1. The van der Waals surface area contributed by atoms with Crippen molar-refractivity contribution in [3.63, 3.8) is 0 Å². The SMILES string of the molecule is Cc1nc2ccccc2n1-c1cccc2c(-c3cccc4c3C(c3ccccc3)(c3ccccc3)c3ccccc3-4)c3cccc(-n4c(C)nc5ccccc54)c3cc12. The zero-order chi connectivity index (χ0) is 39.2. The second-order valence-electron chi connectivity index (χ2n) is 15.7. The van der Waals surface area contributed by atoms with Gasteiger partial charge in [0.1, 0.15) is 11.6 Å². The van der Waals surface area contributed by atoms with Crippen LogP contribution >= 0.6 is 0 Å². The van der Waals surface area contributed by atoms with Gasteiger partial charge in [-0.2, -0.15) is 0 Å². The van der Waals surface area contributed by atoms with Crippen LogP contribution in [0.2, 0.25) is 0 Å². The first-order valence-electron chi connectivity index (χ1n) is 20.3. The lowest BCUT2D eigenvalue weighted by molar-refractivity contribution is 0.770. The molecular weight excluding hydrogens is 717 g/mol. The van der Waals surface area contributed by atoms with Crippen molar-refractivity contribution in [1.82, 2.24) is 19.1 Å². The van der Waals surface area contributed by atoms with Crippen molar-refractivity contribution in [3.8, 4) is 33.6 Å². The van der Waals surface area contributed by atoms with E-state index in [2.05, 4.69) is 217 Å². The predicted octanol–water partition coefficient (Wildman–Crippen LogP) is 13.3. The summed E-state index contributed by atoms with van der Waals surface area (Å²) in [5, 5.41) is 4.70. The van der Waals surface area contributed by atoms with Gasteiger partial charge < -0.3 is 0 Å². The van der Waals surface area contributed by atoms with Gasteiger partial charge in [0.25, 0.3) is 0 Å². The lowest BCUT2D eigenvalue weighted by atomic mass is 9.66. The van der Waals surface area contributed by atoms with Crippen LogP contribution in [0, 0.1) is 13.8 Å². The molecule has 0 N–H and O–H groups in total. The van der Waals surface area contributed by atoms with Gasteiger partial charge >= 0.3 is 0 Å². The van der Waals surface area contributed by atoms with Crippen LogP contribution in [0.3, 0.4) is 0 Å². The Morgan fingerprint density at radius 3 is 1.42 bits per heavy atom. The molecular formula is C55H38N4. The van der Waals surface area contributed by atoms with Crippen molar-refractivity contribution in [1.29, 1.82) is 0 Å². The van der Waals surface area contributed by atoms with E-state index >= 15 is 0 Å². The van der Waals surface area contributed by atoms with Crippen LogP contribution in [-0.2, 0) is 5.41 Å². The fourth-order valence-electron chi connectivity index (χ4n) is 10.4.